The van der Waals surface area contributed by atoms with E-state index in [-0.39, 0.29) is 0 Å². The first-order chi connectivity index (χ1) is 9.28. The van der Waals surface area contributed by atoms with Crippen LogP contribution in [0, 0.1) is 0 Å². The van der Waals surface area contributed by atoms with Crippen molar-refractivity contribution in [3.8, 4) is 5.75 Å². The van der Waals surface area contributed by atoms with Crippen LogP contribution in [0.1, 0.15) is 11.8 Å². The number of hydrogen-bond acceptors (Lipinski definition) is 2. The van der Waals surface area contributed by atoms with Crippen molar-refractivity contribution in [3.63, 3.8) is 0 Å². The van der Waals surface area contributed by atoms with Gasteiger partial charge in [0.2, 0.25) is 0 Å². The summed E-state index contributed by atoms with van der Waals surface area (Å²) in [6.07, 6.45) is 2.13. The molecule has 0 N–H and O–H groups in total. The van der Waals surface area contributed by atoms with Crippen molar-refractivity contribution < 1.29 is 4.74 Å². The van der Waals surface area contributed by atoms with Gasteiger partial charge in [-0.15, -0.1) is 11.3 Å². The van der Waals surface area contributed by atoms with Crippen molar-refractivity contribution in [3.05, 3.63) is 51.3 Å². The van der Waals surface area contributed by atoms with E-state index < -0.39 is 0 Å². The molecule has 0 spiro atoms. The number of benzene rings is 1. The maximum absolute atomic E-state index is 5.67. The first-order valence-electron chi connectivity index (χ1n) is 6.23. The molecule has 0 aliphatic rings. The van der Waals surface area contributed by atoms with Gasteiger partial charge >= 0.3 is 0 Å². The summed E-state index contributed by atoms with van der Waals surface area (Å²) in [5.41, 5.74) is 1.22. The second-order valence-electron chi connectivity index (χ2n) is 4.27. The summed E-state index contributed by atoms with van der Waals surface area (Å²) in [4.78, 5) is 1.34. The molecule has 0 radical (unpaired) electrons. The Labute approximate surface area is 124 Å². The van der Waals surface area contributed by atoms with E-state index in [1.165, 1.54) is 19.6 Å². The van der Waals surface area contributed by atoms with Crippen molar-refractivity contribution in [2.45, 2.75) is 13.5 Å². The molecule has 0 bridgehead atoms. The molecule has 19 heavy (non-hydrogen) atoms. The van der Waals surface area contributed by atoms with Crippen LogP contribution < -0.4 is 4.74 Å². The minimum absolute atomic E-state index is 0.697. The summed E-state index contributed by atoms with van der Waals surface area (Å²) in [5, 5.41) is 1.18. The Balaban J connectivity index is 1.98. The highest BCUT2D eigenvalue weighted by atomic mass is 79.9. The Bertz CT molecular complexity index is 701. The quantitative estimate of drug-likeness (QED) is 0.660. The molecule has 0 saturated heterocycles. The van der Waals surface area contributed by atoms with Crippen LogP contribution >= 0.6 is 27.3 Å². The van der Waals surface area contributed by atoms with Gasteiger partial charge in [-0.1, -0.05) is 6.07 Å². The van der Waals surface area contributed by atoms with Crippen LogP contribution in [-0.4, -0.2) is 11.2 Å². The predicted octanol–water partition coefficient (Wildman–Crippen LogP) is 4.91. The third kappa shape index (κ3) is 2.55. The average Bonchev–Trinajstić information content (AvgIpc) is 2.99. The molecule has 3 aromatic rings. The molecule has 0 aliphatic heterocycles. The fourth-order valence-corrected chi connectivity index (χ4v) is 3.70. The molecule has 0 fully saturated rings. The Morgan fingerprint density at radius 2 is 2.11 bits per heavy atom. The first-order valence-corrected chi connectivity index (χ1v) is 7.83. The third-order valence-electron chi connectivity index (χ3n) is 3.03. The van der Waals surface area contributed by atoms with E-state index in [1.54, 1.807) is 11.3 Å². The van der Waals surface area contributed by atoms with E-state index >= 15 is 0 Å². The molecule has 98 valence electrons. The van der Waals surface area contributed by atoms with Crippen molar-refractivity contribution in [1.82, 2.24) is 4.57 Å². The molecule has 0 atom stereocenters. The van der Waals surface area contributed by atoms with Gasteiger partial charge in [-0.25, -0.2) is 0 Å². The Kier molecular flexibility index (Phi) is 3.62. The first kappa shape index (κ1) is 12.8. The normalized spacial score (nSPS) is 11.1. The molecular weight excluding hydrogens is 322 g/mol. The zero-order valence-electron chi connectivity index (χ0n) is 10.6. The van der Waals surface area contributed by atoms with Gasteiger partial charge < -0.3 is 9.30 Å². The lowest BCUT2D eigenvalue weighted by atomic mass is 10.2. The molecule has 0 aliphatic carbocycles. The zero-order chi connectivity index (χ0) is 13.2. The topological polar surface area (TPSA) is 14.2 Å². The fraction of sp³-hybridized carbons (Fsp3) is 0.200. The standard InChI is InChI=1S/C15H14BrNOS/c1-2-18-14-5-3-4-13-12(14)8-9-17(13)10-11-6-7-15(16)19-11/h3-9H,2,10H2,1H3. The van der Waals surface area contributed by atoms with Gasteiger partial charge in [0.15, 0.2) is 0 Å². The minimum atomic E-state index is 0.697. The number of halogens is 1. The van der Waals surface area contributed by atoms with Gasteiger partial charge in [-0.2, -0.15) is 0 Å². The summed E-state index contributed by atoms with van der Waals surface area (Å²) in [7, 11) is 0. The van der Waals surface area contributed by atoms with E-state index in [1.807, 2.05) is 19.1 Å². The van der Waals surface area contributed by atoms with Crippen LogP contribution in [0.25, 0.3) is 10.9 Å². The second-order valence-corrected chi connectivity index (χ2v) is 6.82. The number of thiophene rings is 1. The molecular formula is C15H14BrNOS. The zero-order valence-corrected chi connectivity index (χ0v) is 13.0. The monoisotopic (exact) mass is 335 g/mol. The minimum Gasteiger partial charge on any atom is -0.493 e. The smallest absolute Gasteiger partial charge is 0.128 e. The number of fused-ring (bicyclic) bond motifs is 1. The maximum Gasteiger partial charge on any atom is 0.128 e. The molecule has 2 nitrogen and oxygen atoms in total. The highest BCUT2D eigenvalue weighted by Crippen LogP contribution is 2.29. The largest absolute Gasteiger partial charge is 0.493 e. The van der Waals surface area contributed by atoms with Gasteiger partial charge in [0.25, 0.3) is 0 Å². The van der Waals surface area contributed by atoms with Gasteiger partial charge in [-0.05, 0) is 53.2 Å². The Hall–Kier alpha value is -1.26. The Morgan fingerprint density at radius 3 is 2.84 bits per heavy atom. The molecule has 3 rings (SSSR count). The highest BCUT2D eigenvalue weighted by Gasteiger charge is 2.07. The summed E-state index contributed by atoms with van der Waals surface area (Å²) in [6, 6.07) is 12.6. The lowest BCUT2D eigenvalue weighted by Gasteiger charge is -2.06. The lowest BCUT2D eigenvalue weighted by molar-refractivity contribution is 0.344. The summed E-state index contributed by atoms with van der Waals surface area (Å²) in [5.74, 6) is 0.964. The maximum atomic E-state index is 5.67. The van der Waals surface area contributed by atoms with E-state index in [2.05, 4.69) is 51.0 Å². The molecule has 1 aromatic carbocycles. The molecule has 0 unspecified atom stereocenters. The fourth-order valence-electron chi connectivity index (χ4n) is 2.22. The van der Waals surface area contributed by atoms with Crippen LogP contribution in [0.3, 0.4) is 0 Å². The number of hydrogen-bond donors (Lipinski definition) is 0. The molecule has 2 aromatic heterocycles. The predicted molar refractivity (Wildman–Crippen MR) is 84.2 cm³/mol. The number of rotatable bonds is 4. The summed E-state index contributed by atoms with van der Waals surface area (Å²) in [6.45, 7) is 3.61. The van der Waals surface area contributed by atoms with Crippen LogP contribution in [0.4, 0.5) is 0 Å². The molecule has 2 heterocycles. The van der Waals surface area contributed by atoms with E-state index in [0.717, 1.165) is 12.3 Å². The highest BCUT2D eigenvalue weighted by molar-refractivity contribution is 9.11. The van der Waals surface area contributed by atoms with E-state index in [0.29, 0.717) is 6.61 Å². The van der Waals surface area contributed by atoms with Gasteiger partial charge in [0.05, 0.1) is 22.5 Å². The van der Waals surface area contributed by atoms with Crippen molar-refractivity contribution in [2.75, 3.05) is 6.61 Å². The SMILES string of the molecule is CCOc1cccc2c1ccn2Cc1ccc(Br)s1. The number of nitrogens with zero attached hydrogens (tertiary/aromatic N) is 1. The summed E-state index contributed by atoms with van der Waals surface area (Å²) < 4.78 is 9.10. The van der Waals surface area contributed by atoms with Gasteiger partial charge in [0.1, 0.15) is 5.75 Å². The molecule has 0 amide bonds. The van der Waals surface area contributed by atoms with Gasteiger partial charge in [0, 0.05) is 16.5 Å². The molecule has 4 heteroatoms. The average molecular weight is 336 g/mol. The lowest BCUT2D eigenvalue weighted by Crippen LogP contribution is -1.96. The van der Waals surface area contributed by atoms with Crippen LogP contribution in [0.2, 0.25) is 0 Å². The van der Waals surface area contributed by atoms with Crippen LogP contribution in [-0.2, 0) is 6.54 Å². The third-order valence-corrected chi connectivity index (χ3v) is 4.64. The van der Waals surface area contributed by atoms with Crippen molar-refractivity contribution in [2.24, 2.45) is 0 Å². The Morgan fingerprint density at radius 1 is 1.21 bits per heavy atom. The van der Waals surface area contributed by atoms with Crippen LogP contribution in [0.5, 0.6) is 5.75 Å². The number of aromatic nitrogens is 1. The summed E-state index contributed by atoms with van der Waals surface area (Å²) >= 11 is 5.28. The van der Waals surface area contributed by atoms with E-state index in [4.69, 9.17) is 4.74 Å². The molecule has 0 saturated carbocycles. The van der Waals surface area contributed by atoms with Crippen LogP contribution in [0.15, 0.2) is 46.4 Å². The number of ether oxygens (including phenoxy) is 1. The van der Waals surface area contributed by atoms with Crippen molar-refractivity contribution in [1.29, 1.82) is 0 Å². The van der Waals surface area contributed by atoms with Crippen molar-refractivity contribution >= 4 is 38.2 Å². The van der Waals surface area contributed by atoms with E-state index in [9.17, 15) is 0 Å². The second kappa shape index (κ2) is 5.39. The van der Waals surface area contributed by atoms with Gasteiger partial charge in [-0.3, -0.25) is 0 Å².